The van der Waals surface area contributed by atoms with Gasteiger partial charge >= 0.3 is 0 Å². The predicted octanol–water partition coefficient (Wildman–Crippen LogP) is 2.61. The number of nitrogens with one attached hydrogen (secondary N) is 1. The van der Waals surface area contributed by atoms with Crippen LogP contribution in [-0.4, -0.2) is 5.91 Å². The summed E-state index contributed by atoms with van der Waals surface area (Å²) in [5, 5.41) is 11.9. The highest BCUT2D eigenvalue weighted by Gasteiger charge is 2.13. The van der Waals surface area contributed by atoms with Crippen molar-refractivity contribution in [3.63, 3.8) is 0 Å². The molecule has 3 heteroatoms. The zero-order valence-corrected chi connectivity index (χ0v) is 10.4. The second-order valence-corrected chi connectivity index (χ2v) is 4.20. The Morgan fingerprint density at radius 1 is 1.05 bits per heavy atom. The fraction of sp³-hybridized carbons (Fsp3) is 0.125. The molecule has 94 valence electrons. The molecule has 19 heavy (non-hydrogen) atoms. The van der Waals surface area contributed by atoms with Crippen molar-refractivity contribution in [3.05, 3.63) is 71.8 Å². The first-order chi connectivity index (χ1) is 9.29. The summed E-state index contributed by atoms with van der Waals surface area (Å²) >= 11 is 0. The number of hydrogen-bond donors (Lipinski definition) is 1. The van der Waals surface area contributed by atoms with Crippen molar-refractivity contribution in [1.82, 2.24) is 5.32 Å². The van der Waals surface area contributed by atoms with Gasteiger partial charge in [-0.25, -0.2) is 0 Å². The Bertz CT molecular complexity index is 573. The van der Waals surface area contributed by atoms with Gasteiger partial charge in [0.2, 0.25) is 5.91 Å². The van der Waals surface area contributed by atoms with Gasteiger partial charge in [0.05, 0.1) is 12.5 Å². The van der Waals surface area contributed by atoms with E-state index in [4.69, 9.17) is 5.26 Å². The highest BCUT2D eigenvalue weighted by molar-refractivity contribution is 5.79. The van der Waals surface area contributed by atoms with Crippen molar-refractivity contribution in [3.8, 4) is 6.07 Å². The van der Waals surface area contributed by atoms with Gasteiger partial charge in [-0.1, -0.05) is 60.7 Å². The Labute approximate surface area is 112 Å². The van der Waals surface area contributed by atoms with Crippen molar-refractivity contribution in [2.45, 2.75) is 12.5 Å². The van der Waals surface area contributed by atoms with Crippen LogP contribution in [-0.2, 0) is 11.2 Å². The summed E-state index contributed by atoms with van der Waals surface area (Å²) < 4.78 is 0. The molecule has 1 N–H and O–H groups in total. The van der Waals surface area contributed by atoms with Crippen molar-refractivity contribution < 1.29 is 4.79 Å². The van der Waals surface area contributed by atoms with Crippen LogP contribution in [0.1, 0.15) is 17.2 Å². The number of nitrogens with zero attached hydrogens (tertiary/aromatic N) is 1. The van der Waals surface area contributed by atoms with Crippen molar-refractivity contribution in [1.29, 1.82) is 5.26 Å². The van der Waals surface area contributed by atoms with E-state index in [1.807, 2.05) is 60.7 Å². The smallest absolute Gasteiger partial charge is 0.225 e. The molecule has 0 radical (unpaired) electrons. The number of nitriles is 1. The van der Waals surface area contributed by atoms with Gasteiger partial charge in [0.15, 0.2) is 0 Å². The van der Waals surface area contributed by atoms with E-state index < -0.39 is 6.04 Å². The highest BCUT2D eigenvalue weighted by Crippen LogP contribution is 2.11. The second-order valence-electron chi connectivity index (χ2n) is 4.20. The third-order valence-electron chi connectivity index (χ3n) is 2.77. The summed E-state index contributed by atoms with van der Waals surface area (Å²) in [7, 11) is 0. The van der Waals surface area contributed by atoms with E-state index in [9.17, 15) is 4.79 Å². The van der Waals surface area contributed by atoms with Crippen LogP contribution >= 0.6 is 0 Å². The molecule has 1 atom stereocenters. The maximum atomic E-state index is 11.9. The largest absolute Gasteiger partial charge is 0.336 e. The molecule has 3 nitrogen and oxygen atoms in total. The highest BCUT2D eigenvalue weighted by atomic mass is 16.1. The summed E-state index contributed by atoms with van der Waals surface area (Å²) in [6.07, 6.45) is 0.284. The quantitative estimate of drug-likeness (QED) is 0.906. The fourth-order valence-electron chi connectivity index (χ4n) is 1.83. The van der Waals surface area contributed by atoms with E-state index in [1.54, 1.807) is 0 Å². The number of benzene rings is 2. The molecule has 0 aliphatic rings. The molecule has 0 saturated heterocycles. The van der Waals surface area contributed by atoms with Gasteiger partial charge in [-0.15, -0.1) is 0 Å². The first-order valence-electron chi connectivity index (χ1n) is 6.07. The Morgan fingerprint density at radius 3 is 2.21 bits per heavy atom. The molecule has 2 aromatic rings. The van der Waals surface area contributed by atoms with Crippen molar-refractivity contribution >= 4 is 5.91 Å². The Balaban J connectivity index is 2.00. The third-order valence-corrected chi connectivity index (χ3v) is 2.77. The third kappa shape index (κ3) is 3.68. The van der Waals surface area contributed by atoms with Crippen molar-refractivity contribution in [2.75, 3.05) is 0 Å². The lowest BCUT2D eigenvalue weighted by atomic mass is 10.1. The first kappa shape index (κ1) is 12.8. The van der Waals surface area contributed by atoms with E-state index in [0.29, 0.717) is 0 Å². The molecule has 0 saturated carbocycles. The van der Waals surface area contributed by atoms with Crippen LogP contribution in [0.4, 0.5) is 0 Å². The molecule has 0 aromatic heterocycles. The standard InChI is InChI=1S/C16H14N2O/c17-12-15(14-9-5-2-6-10-14)18-16(19)11-13-7-3-1-4-8-13/h1-10,15H,11H2,(H,18,19)/t15-/m1/s1. The van der Waals surface area contributed by atoms with E-state index in [0.717, 1.165) is 11.1 Å². The number of amides is 1. The molecule has 0 bridgehead atoms. The van der Waals surface area contributed by atoms with E-state index >= 15 is 0 Å². The fourth-order valence-corrected chi connectivity index (χ4v) is 1.83. The zero-order valence-electron chi connectivity index (χ0n) is 10.4. The summed E-state index contributed by atoms with van der Waals surface area (Å²) in [5.41, 5.74) is 1.73. The minimum atomic E-state index is -0.600. The predicted molar refractivity (Wildman–Crippen MR) is 73.1 cm³/mol. The molecule has 1 amide bonds. The average molecular weight is 250 g/mol. The lowest BCUT2D eigenvalue weighted by Gasteiger charge is -2.11. The minimum Gasteiger partial charge on any atom is -0.336 e. The Hall–Kier alpha value is -2.60. The normalized spacial score (nSPS) is 11.3. The summed E-state index contributed by atoms with van der Waals surface area (Å²) in [4.78, 5) is 11.9. The molecule has 2 aromatic carbocycles. The van der Waals surface area contributed by atoms with E-state index in [-0.39, 0.29) is 12.3 Å². The average Bonchev–Trinajstić information content (AvgIpc) is 2.47. The van der Waals surface area contributed by atoms with Crippen LogP contribution in [0.15, 0.2) is 60.7 Å². The van der Waals surface area contributed by atoms with Crippen LogP contribution in [0.2, 0.25) is 0 Å². The van der Waals surface area contributed by atoms with Crippen LogP contribution in [0, 0.1) is 11.3 Å². The van der Waals surface area contributed by atoms with Gasteiger partial charge < -0.3 is 5.32 Å². The topological polar surface area (TPSA) is 52.9 Å². The molecule has 0 spiro atoms. The molecule has 2 rings (SSSR count). The van der Waals surface area contributed by atoms with Crippen LogP contribution in [0.5, 0.6) is 0 Å². The summed E-state index contributed by atoms with van der Waals surface area (Å²) in [5.74, 6) is -0.151. The monoisotopic (exact) mass is 250 g/mol. The zero-order chi connectivity index (χ0) is 13.5. The molecular formula is C16H14N2O. The molecular weight excluding hydrogens is 236 g/mol. The molecule has 0 aliphatic carbocycles. The molecule has 0 heterocycles. The Morgan fingerprint density at radius 2 is 1.63 bits per heavy atom. The van der Waals surface area contributed by atoms with Gasteiger partial charge in [0.25, 0.3) is 0 Å². The maximum Gasteiger partial charge on any atom is 0.225 e. The van der Waals surface area contributed by atoms with E-state index in [1.165, 1.54) is 0 Å². The summed E-state index contributed by atoms with van der Waals surface area (Å²) in [6.45, 7) is 0. The lowest BCUT2D eigenvalue weighted by molar-refractivity contribution is -0.120. The van der Waals surface area contributed by atoms with Crippen LogP contribution in [0.25, 0.3) is 0 Å². The summed E-state index contributed by atoms with van der Waals surface area (Å²) in [6, 6.07) is 20.2. The van der Waals surface area contributed by atoms with Gasteiger partial charge in [-0.05, 0) is 11.1 Å². The number of carbonyl (C=O) groups is 1. The van der Waals surface area contributed by atoms with Gasteiger partial charge in [0.1, 0.15) is 6.04 Å². The minimum absolute atomic E-state index is 0.151. The van der Waals surface area contributed by atoms with Gasteiger partial charge in [0, 0.05) is 0 Å². The number of hydrogen-bond acceptors (Lipinski definition) is 2. The second kappa shape index (κ2) is 6.36. The van der Waals surface area contributed by atoms with Crippen LogP contribution in [0.3, 0.4) is 0 Å². The van der Waals surface area contributed by atoms with Gasteiger partial charge in [-0.3, -0.25) is 4.79 Å². The first-order valence-corrected chi connectivity index (χ1v) is 6.07. The van der Waals surface area contributed by atoms with Crippen LogP contribution < -0.4 is 5.32 Å². The molecule has 0 aliphatic heterocycles. The SMILES string of the molecule is N#C[C@@H](NC(=O)Cc1ccccc1)c1ccccc1. The van der Waals surface area contributed by atoms with Crippen molar-refractivity contribution in [2.24, 2.45) is 0 Å². The Kier molecular flexibility index (Phi) is 4.30. The number of carbonyl (C=O) groups excluding carboxylic acids is 1. The molecule has 0 unspecified atom stereocenters. The molecule has 0 fully saturated rings. The van der Waals surface area contributed by atoms with E-state index in [2.05, 4.69) is 11.4 Å². The van der Waals surface area contributed by atoms with Gasteiger partial charge in [-0.2, -0.15) is 5.26 Å². The lowest BCUT2D eigenvalue weighted by Crippen LogP contribution is -2.28. The number of rotatable bonds is 4. The maximum absolute atomic E-state index is 11.9.